The maximum absolute atomic E-state index is 11.3. The molecule has 1 aromatic rings. The second-order valence-corrected chi connectivity index (χ2v) is 5.62. The van der Waals surface area contributed by atoms with Crippen molar-refractivity contribution in [2.75, 3.05) is 20.0 Å². The molecule has 7 heteroatoms. The fourth-order valence-electron chi connectivity index (χ4n) is 1.07. The van der Waals surface area contributed by atoms with E-state index in [1.807, 2.05) is 0 Å². The summed E-state index contributed by atoms with van der Waals surface area (Å²) in [5, 5.41) is 0.0508. The molecule has 0 spiro atoms. The summed E-state index contributed by atoms with van der Waals surface area (Å²) in [7, 11) is -2.12. The van der Waals surface area contributed by atoms with E-state index >= 15 is 0 Å². The number of rotatable bonds is 4. The van der Waals surface area contributed by atoms with Gasteiger partial charge in [-0.1, -0.05) is 11.6 Å². The minimum Gasteiger partial charge on any atom is -0.482 e. The Kier molecular flexibility index (Phi) is 4.36. The van der Waals surface area contributed by atoms with Gasteiger partial charge in [-0.2, -0.15) is 0 Å². The molecule has 0 unspecified atom stereocenters. The molecule has 0 atom stereocenters. The first-order valence-electron chi connectivity index (χ1n) is 4.54. The summed E-state index contributed by atoms with van der Waals surface area (Å²) in [6, 6.07) is 4.08. The summed E-state index contributed by atoms with van der Waals surface area (Å²) in [6.07, 6.45) is 1.06. The van der Waals surface area contributed by atoms with Crippen LogP contribution in [-0.4, -0.2) is 34.4 Å². The van der Waals surface area contributed by atoms with E-state index in [9.17, 15) is 13.2 Å². The van der Waals surface area contributed by atoms with Gasteiger partial charge in [-0.3, -0.25) is 0 Å². The van der Waals surface area contributed by atoms with E-state index < -0.39 is 15.8 Å². The molecule has 0 heterocycles. The minimum atomic E-state index is -3.37. The highest BCUT2D eigenvalue weighted by atomic mass is 35.5. The van der Waals surface area contributed by atoms with E-state index in [4.69, 9.17) is 16.3 Å². The van der Waals surface area contributed by atoms with E-state index in [0.29, 0.717) is 5.75 Å². The third-order valence-corrected chi connectivity index (χ3v) is 3.47. The maximum Gasteiger partial charge on any atom is 0.343 e. The molecule has 94 valence electrons. The second kappa shape index (κ2) is 5.37. The van der Waals surface area contributed by atoms with Gasteiger partial charge < -0.3 is 9.47 Å². The number of carbonyl (C=O) groups is 1. The Balaban J connectivity index is 2.87. The molecular formula is C10H11ClO5S. The van der Waals surface area contributed by atoms with Crippen LogP contribution in [0.3, 0.4) is 0 Å². The molecule has 0 saturated carbocycles. The Labute approximate surface area is 104 Å². The van der Waals surface area contributed by atoms with Crippen molar-refractivity contribution >= 4 is 27.4 Å². The molecule has 0 aliphatic rings. The van der Waals surface area contributed by atoms with Crippen molar-refractivity contribution in [1.29, 1.82) is 0 Å². The summed E-state index contributed by atoms with van der Waals surface area (Å²) < 4.78 is 32.0. The molecule has 0 amide bonds. The third-order valence-electron chi connectivity index (χ3n) is 1.89. The van der Waals surface area contributed by atoms with Gasteiger partial charge in [0.15, 0.2) is 16.4 Å². The number of sulfone groups is 1. The largest absolute Gasteiger partial charge is 0.482 e. The molecular weight excluding hydrogens is 268 g/mol. The standard InChI is InChI=1S/C10H11ClO5S/c1-15-10(12)6-16-7-3-4-9(8(11)5-7)17(2,13)14/h3-5H,6H2,1-2H3. The molecule has 1 rings (SSSR count). The first kappa shape index (κ1) is 13.8. The number of hydrogen-bond acceptors (Lipinski definition) is 5. The predicted octanol–water partition coefficient (Wildman–Crippen LogP) is 1.30. The normalized spacial score (nSPS) is 11.0. The zero-order chi connectivity index (χ0) is 13.1. The lowest BCUT2D eigenvalue weighted by Gasteiger charge is -2.07. The molecule has 0 radical (unpaired) electrons. The predicted molar refractivity (Wildman–Crippen MR) is 62.1 cm³/mol. The fourth-order valence-corrected chi connectivity index (χ4v) is 2.39. The second-order valence-electron chi connectivity index (χ2n) is 3.23. The smallest absolute Gasteiger partial charge is 0.343 e. The van der Waals surface area contributed by atoms with Gasteiger partial charge in [0.25, 0.3) is 0 Å². The van der Waals surface area contributed by atoms with E-state index in [1.54, 1.807) is 0 Å². The zero-order valence-electron chi connectivity index (χ0n) is 9.27. The lowest BCUT2D eigenvalue weighted by atomic mass is 10.3. The number of esters is 1. The van der Waals surface area contributed by atoms with Crippen LogP contribution in [0.15, 0.2) is 23.1 Å². The lowest BCUT2D eigenvalue weighted by Crippen LogP contribution is -2.12. The van der Waals surface area contributed by atoms with Crippen LogP contribution in [0.2, 0.25) is 5.02 Å². The van der Waals surface area contributed by atoms with Crippen LogP contribution >= 0.6 is 11.6 Å². The van der Waals surface area contributed by atoms with Gasteiger partial charge in [0, 0.05) is 12.3 Å². The topological polar surface area (TPSA) is 69.7 Å². The van der Waals surface area contributed by atoms with E-state index in [0.717, 1.165) is 6.26 Å². The van der Waals surface area contributed by atoms with E-state index in [1.165, 1.54) is 25.3 Å². The van der Waals surface area contributed by atoms with Crippen molar-refractivity contribution in [2.45, 2.75) is 4.90 Å². The molecule has 0 aliphatic carbocycles. The average molecular weight is 279 g/mol. The molecule has 0 fully saturated rings. The van der Waals surface area contributed by atoms with Crippen LogP contribution in [0.5, 0.6) is 5.75 Å². The Morgan fingerprint density at radius 2 is 2.06 bits per heavy atom. The third kappa shape index (κ3) is 3.90. The van der Waals surface area contributed by atoms with Crippen molar-refractivity contribution in [3.8, 4) is 5.75 Å². The van der Waals surface area contributed by atoms with Crippen LogP contribution in [0.1, 0.15) is 0 Å². The van der Waals surface area contributed by atoms with Crippen LogP contribution in [-0.2, 0) is 19.4 Å². The van der Waals surface area contributed by atoms with Crippen LogP contribution in [0, 0.1) is 0 Å². The van der Waals surface area contributed by atoms with Crippen LogP contribution in [0.4, 0.5) is 0 Å². The molecule has 0 aromatic heterocycles. The highest BCUT2D eigenvalue weighted by molar-refractivity contribution is 7.90. The Bertz CT molecular complexity index is 523. The van der Waals surface area contributed by atoms with Gasteiger partial charge in [0.2, 0.25) is 0 Å². The van der Waals surface area contributed by atoms with Crippen LogP contribution < -0.4 is 4.74 Å². The summed E-state index contributed by atoms with van der Waals surface area (Å²) in [6.45, 7) is -0.259. The Hall–Kier alpha value is -1.27. The first-order chi connectivity index (χ1) is 7.84. The summed E-state index contributed by atoms with van der Waals surface area (Å²) in [4.78, 5) is 10.8. The van der Waals surface area contributed by atoms with Crippen molar-refractivity contribution < 1.29 is 22.7 Å². The summed E-state index contributed by atoms with van der Waals surface area (Å²) in [5.41, 5.74) is 0. The highest BCUT2D eigenvalue weighted by Gasteiger charge is 2.13. The Morgan fingerprint density at radius 3 is 2.53 bits per heavy atom. The molecule has 0 bridgehead atoms. The van der Waals surface area contributed by atoms with Gasteiger partial charge in [-0.15, -0.1) is 0 Å². The number of benzene rings is 1. The molecule has 1 aromatic carbocycles. The van der Waals surface area contributed by atoms with Crippen molar-refractivity contribution in [1.82, 2.24) is 0 Å². The molecule has 0 saturated heterocycles. The summed E-state index contributed by atoms with van der Waals surface area (Å²) >= 11 is 5.79. The highest BCUT2D eigenvalue weighted by Crippen LogP contribution is 2.26. The van der Waals surface area contributed by atoms with Crippen molar-refractivity contribution in [2.24, 2.45) is 0 Å². The molecule has 17 heavy (non-hydrogen) atoms. The van der Waals surface area contributed by atoms with Gasteiger partial charge in [0.05, 0.1) is 17.0 Å². The number of halogens is 1. The maximum atomic E-state index is 11.3. The molecule has 0 aliphatic heterocycles. The Morgan fingerprint density at radius 1 is 1.41 bits per heavy atom. The first-order valence-corrected chi connectivity index (χ1v) is 6.80. The fraction of sp³-hybridized carbons (Fsp3) is 0.300. The van der Waals surface area contributed by atoms with Crippen LogP contribution in [0.25, 0.3) is 0 Å². The number of methoxy groups -OCH3 is 1. The monoisotopic (exact) mass is 278 g/mol. The van der Waals surface area contributed by atoms with Gasteiger partial charge in [0.1, 0.15) is 5.75 Å². The molecule has 0 N–H and O–H groups in total. The SMILES string of the molecule is COC(=O)COc1ccc(S(C)(=O)=O)c(Cl)c1. The summed E-state index contributed by atoms with van der Waals surface area (Å²) in [5.74, 6) is -0.235. The lowest BCUT2D eigenvalue weighted by molar-refractivity contribution is -0.142. The van der Waals surface area contributed by atoms with Gasteiger partial charge in [-0.05, 0) is 12.1 Å². The number of ether oxygens (including phenoxy) is 2. The average Bonchev–Trinajstić information content (AvgIpc) is 2.24. The van der Waals surface area contributed by atoms with E-state index in [2.05, 4.69) is 4.74 Å². The van der Waals surface area contributed by atoms with Gasteiger partial charge >= 0.3 is 5.97 Å². The van der Waals surface area contributed by atoms with Gasteiger partial charge in [-0.25, -0.2) is 13.2 Å². The molecule has 5 nitrogen and oxygen atoms in total. The minimum absolute atomic E-state index is 0.0181. The zero-order valence-corrected chi connectivity index (χ0v) is 10.8. The number of carbonyl (C=O) groups excluding carboxylic acids is 1. The number of hydrogen-bond donors (Lipinski definition) is 0. The quantitative estimate of drug-likeness (QED) is 0.777. The van der Waals surface area contributed by atoms with E-state index in [-0.39, 0.29) is 16.5 Å². The van der Waals surface area contributed by atoms with Crippen molar-refractivity contribution in [3.63, 3.8) is 0 Å². The van der Waals surface area contributed by atoms with Crippen molar-refractivity contribution in [3.05, 3.63) is 23.2 Å².